The monoisotopic (exact) mass is 420 g/mol. The van der Waals surface area contributed by atoms with E-state index in [2.05, 4.69) is 16.0 Å². The number of anilines is 1. The highest BCUT2D eigenvalue weighted by Crippen LogP contribution is 2.29. The van der Waals surface area contributed by atoms with Crippen LogP contribution < -0.4 is 16.0 Å². The van der Waals surface area contributed by atoms with Crippen molar-refractivity contribution in [3.05, 3.63) is 64.2 Å². The zero-order chi connectivity index (χ0) is 22.1. The number of carbonyl (C=O) groups is 4. The fourth-order valence-corrected chi connectivity index (χ4v) is 3.99. The van der Waals surface area contributed by atoms with Crippen LogP contribution in [0, 0.1) is 13.8 Å². The number of piperidine rings is 1. The second kappa shape index (κ2) is 8.22. The Hall–Kier alpha value is -3.68. The zero-order valence-electron chi connectivity index (χ0n) is 17.5. The number of amides is 5. The van der Waals surface area contributed by atoms with Crippen molar-refractivity contribution in [2.24, 2.45) is 0 Å². The van der Waals surface area contributed by atoms with Crippen LogP contribution in [-0.2, 0) is 22.7 Å². The number of benzene rings is 2. The molecule has 0 aliphatic carbocycles. The van der Waals surface area contributed by atoms with Crippen LogP contribution in [0.2, 0.25) is 0 Å². The Balaban J connectivity index is 1.43. The van der Waals surface area contributed by atoms with E-state index in [9.17, 15) is 19.2 Å². The molecule has 2 aromatic carbocycles. The molecule has 0 bridgehead atoms. The first-order valence-corrected chi connectivity index (χ1v) is 10.2. The summed E-state index contributed by atoms with van der Waals surface area (Å²) in [6.45, 7) is 4.51. The number of nitrogens with one attached hydrogen (secondary N) is 3. The largest absolute Gasteiger partial charge is 0.334 e. The Bertz CT molecular complexity index is 1090. The molecule has 2 aliphatic heterocycles. The fourth-order valence-electron chi connectivity index (χ4n) is 3.99. The Morgan fingerprint density at radius 3 is 2.68 bits per heavy atom. The average Bonchev–Trinajstić information content (AvgIpc) is 3.06. The molecule has 160 valence electrons. The number of hydrogen-bond donors (Lipinski definition) is 3. The summed E-state index contributed by atoms with van der Waals surface area (Å²) in [5, 5.41) is 7.95. The molecule has 31 heavy (non-hydrogen) atoms. The van der Waals surface area contributed by atoms with Gasteiger partial charge in [0.15, 0.2) is 0 Å². The van der Waals surface area contributed by atoms with Gasteiger partial charge >= 0.3 is 6.03 Å². The maximum absolute atomic E-state index is 12.9. The van der Waals surface area contributed by atoms with Gasteiger partial charge in [-0.2, -0.15) is 0 Å². The molecule has 1 atom stereocenters. The van der Waals surface area contributed by atoms with Crippen LogP contribution in [0.3, 0.4) is 0 Å². The molecule has 1 unspecified atom stereocenters. The van der Waals surface area contributed by atoms with Gasteiger partial charge in [0, 0.05) is 30.8 Å². The fraction of sp³-hybridized carbons (Fsp3) is 0.304. The molecular formula is C23H24N4O4. The molecule has 0 radical (unpaired) electrons. The van der Waals surface area contributed by atoms with Gasteiger partial charge in [0.05, 0.1) is 0 Å². The summed E-state index contributed by atoms with van der Waals surface area (Å²) in [5.41, 5.74) is 5.08. The average molecular weight is 420 g/mol. The highest BCUT2D eigenvalue weighted by molar-refractivity contribution is 6.05. The zero-order valence-corrected chi connectivity index (χ0v) is 17.5. The summed E-state index contributed by atoms with van der Waals surface area (Å²) in [7, 11) is 0. The first kappa shape index (κ1) is 20.6. The van der Waals surface area contributed by atoms with Crippen molar-refractivity contribution in [3.63, 3.8) is 0 Å². The van der Waals surface area contributed by atoms with Crippen LogP contribution in [0.15, 0.2) is 36.4 Å². The van der Waals surface area contributed by atoms with Gasteiger partial charge in [0.1, 0.15) is 6.04 Å². The third kappa shape index (κ3) is 4.14. The number of imide groups is 1. The minimum absolute atomic E-state index is 0.212. The standard InChI is InChI=1S/C23H24N4O4/c1-13-6-7-16(10-14(13)2)25-23(31)24-11-15-4-3-5-17-18(15)12-27(22(17)30)19-8-9-20(28)26-21(19)29/h3-7,10,19H,8-9,11-12H2,1-2H3,(H2,24,25,31)(H,26,28,29). The van der Waals surface area contributed by atoms with E-state index in [-0.39, 0.29) is 37.4 Å². The molecule has 3 N–H and O–H groups in total. The van der Waals surface area contributed by atoms with E-state index >= 15 is 0 Å². The number of urea groups is 1. The van der Waals surface area contributed by atoms with E-state index in [1.165, 1.54) is 4.90 Å². The molecule has 2 aliphatic rings. The summed E-state index contributed by atoms with van der Waals surface area (Å²) in [6.07, 6.45) is 0.528. The number of rotatable bonds is 4. The smallest absolute Gasteiger partial charge is 0.319 e. The highest BCUT2D eigenvalue weighted by Gasteiger charge is 2.39. The minimum atomic E-state index is -0.661. The van der Waals surface area contributed by atoms with Gasteiger partial charge in [-0.1, -0.05) is 18.2 Å². The van der Waals surface area contributed by atoms with Crippen molar-refractivity contribution in [2.75, 3.05) is 5.32 Å². The van der Waals surface area contributed by atoms with Gasteiger partial charge in [-0.05, 0) is 60.7 Å². The first-order chi connectivity index (χ1) is 14.8. The Labute approximate surface area is 180 Å². The Kier molecular flexibility index (Phi) is 5.46. The number of carbonyl (C=O) groups excluding carboxylic acids is 4. The van der Waals surface area contributed by atoms with Crippen LogP contribution in [0.4, 0.5) is 10.5 Å². The van der Waals surface area contributed by atoms with Crippen LogP contribution in [0.25, 0.3) is 0 Å². The van der Waals surface area contributed by atoms with Crippen LogP contribution in [0.5, 0.6) is 0 Å². The number of fused-ring (bicyclic) bond motifs is 1. The maximum atomic E-state index is 12.9. The molecule has 0 saturated carbocycles. The van der Waals surface area contributed by atoms with E-state index in [0.717, 1.165) is 22.3 Å². The quantitative estimate of drug-likeness (QED) is 0.660. The highest BCUT2D eigenvalue weighted by atomic mass is 16.2. The van der Waals surface area contributed by atoms with Gasteiger partial charge in [-0.3, -0.25) is 19.7 Å². The third-order valence-electron chi connectivity index (χ3n) is 5.88. The molecule has 4 rings (SSSR count). The lowest BCUT2D eigenvalue weighted by atomic mass is 10.0. The van der Waals surface area contributed by atoms with E-state index in [1.807, 2.05) is 38.1 Å². The van der Waals surface area contributed by atoms with E-state index in [4.69, 9.17) is 0 Å². The normalized spacial score (nSPS) is 17.9. The predicted octanol–water partition coefficient (Wildman–Crippen LogP) is 2.39. The van der Waals surface area contributed by atoms with Crippen molar-refractivity contribution >= 4 is 29.4 Å². The molecule has 0 aromatic heterocycles. The van der Waals surface area contributed by atoms with Gasteiger partial charge in [0.25, 0.3) is 5.91 Å². The Morgan fingerprint density at radius 2 is 1.94 bits per heavy atom. The lowest BCUT2D eigenvalue weighted by Crippen LogP contribution is -2.52. The number of hydrogen-bond acceptors (Lipinski definition) is 4. The van der Waals surface area contributed by atoms with Crippen molar-refractivity contribution in [1.29, 1.82) is 0 Å². The van der Waals surface area contributed by atoms with Crippen LogP contribution in [0.1, 0.15) is 45.5 Å². The summed E-state index contributed by atoms with van der Waals surface area (Å²) < 4.78 is 0. The van der Waals surface area contributed by atoms with E-state index in [1.54, 1.807) is 12.1 Å². The molecule has 8 heteroatoms. The molecule has 1 fully saturated rings. The molecule has 0 spiro atoms. The molecule has 8 nitrogen and oxygen atoms in total. The molecule has 2 heterocycles. The lowest BCUT2D eigenvalue weighted by Gasteiger charge is -2.29. The molecular weight excluding hydrogens is 396 g/mol. The summed E-state index contributed by atoms with van der Waals surface area (Å²) >= 11 is 0. The summed E-state index contributed by atoms with van der Waals surface area (Å²) in [5.74, 6) is -0.985. The third-order valence-corrected chi connectivity index (χ3v) is 5.88. The topological polar surface area (TPSA) is 108 Å². The van der Waals surface area contributed by atoms with Crippen LogP contribution >= 0.6 is 0 Å². The maximum Gasteiger partial charge on any atom is 0.319 e. The minimum Gasteiger partial charge on any atom is -0.334 e. The van der Waals surface area contributed by atoms with Crippen LogP contribution in [-0.4, -0.2) is 34.7 Å². The van der Waals surface area contributed by atoms with Gasteiger partial charge in [-0.15, -0.1) is 0 Å². The van der Waals surface area contributed by atoms with Crippen molar-refractivity contribution < 1.29 is 19.2 Å². The second-order valence-corrected chi connectivity index (χ2v) is 7.95. The SMILES string of the molecule is Cc1ccc(NC(=O)NCc2cccc3c2CN(C2CCC(=O)NC2=O)C3=O)cc1C. The first-order valence-electron chi connectivity index (χ1n) is 10.2. The van der Waals surface area contributed by atoms with Crippen molar-refractivity contribution in [2.45, 2.75) is 45.8 Å². The molecule has 5 amide bonds. The second-order valence-electron chi connectivity index (χ2n) is 7.95. The number of aryl methyl sites for hydroxylation is 2. The Morgan fingerprint density at radius 1 is 1.13 bits per heavy atom. The van der Waals surface area contributed by atoms with Gasteiger partial charge in [-0.25, -0.2) is 4.79 Å². The lowest BCUT2D eigenvalue weighted by molar-refractivity contribution is -0.136. The molecule has 1 saturated heterocycles. The summed E-state index contributed by atoms with van der Waals surface area (Å²) in [6, 6.07) is 10.1. The molecule has 2 aromatic rings. The van der Waals surface area contributed by atoms with E-state index in [0.29, 0.717) is 17.7 Å². The van der Waals surface area contributed by atoms with Crippen molar-refractivity contribution in [1.82, 2.24) is 15.5 Å². The predicted molar refractivity (Wildman–Crippen MR) is 114 cm³/mol. The van der Waals surface area contributed by atoms with Gasteiger partial charge in [0.2, 0.25) is 11.8 Å². The number of nitrogens with zero attached hydrogens (tertiary/aromatic N) is 1. The summed E-state index contributed by atoms with van der Waals surface area (Å²) in [4.78, 5) is 50.4. The van der Waals surface area contributed by atoms with Crippen molar-refractivity contribution in [3.8, 4) is 0 Å². The van der Waals surface area contributed by atoms with Gasteiger partial charge < -0.3 is 15.5 Å². The van der Waals surface area contributed by atoms with E-state index < -0.39 is 11.9 Å².